The van der Waals surface area contributed by atoms with Crippen LogP contribution in [0.15, 0.2) is 59.6 Å². The van der Waals surface area contributed by atoms with Crippen molar-refractivity contribution >= 4 is 40.8 Å². The number of hydrogen-bond acceptors (Lipinski definition) is 5. The Bertz CT molecular complexity index is 1010. The molecule has 1 heterocycles. The van der Waals surface area contributed by atoms with Crippen LogP contribution in [0.3, 0.4) is 0 Å². The van der Waals surface area contributed by atoms with E-state index in [0.717, 1.165) is 5.56 Å². The van der Waals surface area contributed by atoms with Crippen molar-refractivity contribution in [2.75, 3.05) is 11.6 Å². The minimum atomic E-state index is -0.496. The number of carbonyl (C=O) groups excluding carboxylic acids is 1. The molecule has 138 valence electrons. The van der Waals surface area contributed by atoms with Crippen LogP contribution >= 0.6 is 23.4 Å². The van der Waals surface area contributed by atoms with E-state index in [-0.39, 0.29) is 11.3 Å². The third kappa shape index (κ3) is 4.29. The maximum Gasteiger partial charge on any atom is 0.283 e. The van der Waals surface area contributed by atoms with Crippen LogP contribution in [0.1, 0.15) is 15.9 Å². The molecule has 0 aliphatic rings. The SMILES string of the molecule is CSc1ccc(C(=O)Nc2ccnn2Cc2ccccc2Cl)cc1[N+](=O)[O-]. The predicted octanol–water partition coefficient (Wildman–Crippen LogP) is 4.47. The highest BCUT2D eigenvalue weighted by atomic mass is 35.5. The molecule has 0 unspecified atom stereocenters. The van der Waals surface area contributed by atoms with Crippen LogP contribution in [-0.2, 0) is 6.54 Å². The van der Waals surface area contributed by atoms with E-state index in [0.29, 0.717) is 22.3 Å². The maximum absolute atomic E-state index is 12.6. The molecule has 0 atom stereocenters. The summed E-state index contributed by atoms with van der Waals surface area (Å²) in [6, 6.07) is 13.4. The Kier molecular flexibility index (Phi) is 5.78. The quantitative estimate of drug-likeness (QED) is 0.373. The molecular weight excluding hydrogens is 388 g/mol. The first kappa shape index (κ1) is 18.9. The lowest BCUT2D eigenvalue weighted by Crippen LogP contribution is -2.16. The standard InChI is InChI=1S/C18H15ClN4O3S/c1-27-16-7-6-12(10-15(16)23(25)26)18(24)21-17-8-9-20-22(17)11-13-4-2-3-5-14(13)19/h2-10H,11H2,1H3,(H,21,24). The largest absolute Gasteiger partial charge is 0.307 e. The van der Waals surface area contributed by atoms with Crippen molar-refractivity contribution in [2.24, 2.45) is 0 Å². The number of amides is 1. The van der Waals surface area contributed by atoms with Crippen molar-refractivity contribution in [3.05, 3.63) is 81.0 Å². The number of nitrogens with one attached hydrogen (secondary N) is 1. The number of rotatable bonds is 6. The molecule has 0 fully saturated rings. The van der Waals surface area contributed by atoms with Gasteiger partial charge in [-0.1, -0.05) is 29.8 Å². The Morgan fingerprint density at radius 2 is 2.07 bits per heavy atom. The monoisotopic (exact) mass is 402 g/mol. The Labute approximate surface area is 164 Å². The highest BCUT2D eigenvalue weighted by Gasteiger charge is 2.18. The van der Waals surface area contributed by atoms with Gasteiger partial charge < -0.3 is 5.32 Å². The van der Waals surface area contributed by atoms with Crippen molar-refractivity contribution in [1.29, 1.82) is 0 Å². The van der Waals surface area contributed by atoms with Crippen molar-refractivity contribution < 1.29 is 9.72 Å². The fourth-order valence-electron chi connectivity index (χ4n) is 2.52. The second-order valence-electron chi connectivity index (χ2n) is 5.56. The zero-order valence-electron chi connectivity index (χ0n) is 14.3. The molecule has 0 bridgehead atoms. The Balaban J connectivity index is 1.82. The number of benzene rings is 2. The number of thioether (sulfide) groups is 1. The number of nitrogens with zero attached hydrogens (tertiary/aromatic N) is 3. The highest BCUT2D eigenvalue weighted by molar-refractivity contribution is 7.98. The lowest BCUT2D eigenvalue weighted by molar-refractivity contribution is -0.387. The van der Waals surface area contributed by atoms with Crippen molar-refractivity contribution in [3.63, 3.8) is 0 Å². The summed E-state index contributed by atoms with van der Waals surface area (Å²) in [4.78, 5) is 23.8. The first-order valence-electron chi connectivity index (χ1n) is 7.88. The van der Waals surface area contributed by atoms with E-state index < -0.39 is 10.8 Å². The number of aromatic nitrogens is 2. The highest BCUT2D eigenvalue weighted by Crippen LogP contribution is 2.28. The normalized spacial score (nSPS) is 10.6. The topological polar surface area (TPSA) is 90.1 Å². The number of halogens is 1. The summed E-state index contributed by atoms with van der Waals surface area (Å²) < 4.78 is 1.60. The molecule has 3 rings (SSSR count). The fourth-order valence-corrected chi connectivity index (χ4v) is 3.26. The summed E-state index contributed by atoms with van der Waals surface area (Å²) >= 11 is 7.43. The molecule has 9 heteroatoms. The number of nitro groups is 1. The van der Waals surface area contributed by atoms with Gasteiger partial charge in [0.05, 0.1) is 22.6 Å². The van der Waals surface area contributed by atoms with E-state index >= 15 is 0 Å². The van der Waals surface area contributed by atoms with Crippen LogP contribution in [0.4, 0.5) is 11.5 Å². The second kappa shape index (κ2) is 8.24. The molecule has 1 amide bonds. The van der Waals surface area contributed by atoms with Gasteiger partial charge in [-0.15, -0.1) is 11.8 Å². The third-order valence-electron chi connectivity index (χ3n) is 3.87. The van der Waals surface area contributed by atoms with Gasteiger partial charge in [-0.25, -0.2) is 4.68 Å². The first-order valence-corrected chi connectivity index (χ1v) is 9.49. The summed E-state index contributed by atoms with van der Waals surface area (Å²) in [5.74, 6) is 0.0168. The molecule has 3 aromatic rings. The molecule has 1 aromatic heterocycles. The molecule has 27 heavy (non-hydrogen) atoms. The van der Waals surface area contributed by atoms with Gasteiger partial charge in [0, 0.05) is 22.7 Å². The number of hydrogen-bond donors (Lipinski definition) is 1. The van der Waals surface area contributed by atoms with E-state index in [1.807, 2.05) is 18.2 Å². The summed E-state index contributed by atoms with van der Waals surface area (Å²) in [5.41, 5.74) is 0.961. The Hall–Kier alpha value is -2.84. The zero-order chi connectivity index (χ0) is 19.4. The summed E-state index contributed by atoms with van der Waals surface area (Å²) in [7, 11) is 0. The minimum Gasteiger partial charge on any atom is -0.307 e. The van der Waals surface area contributed by atoms with Gasteiger partial charge in [-0.3, -0.25) is 14.9 Å². The number of nitro benzene ring substituents is 1. The van der Waals surface area contributed by atoms with Crippen LogP contribution in [0, 0.1) is 10.1 Å². The van der Waals surface area contributed by atoms with Crippen LogP contribution < -0.4 is 5.32 Å². The van der Waals surface area contributed by atoms with Gasteiger partial charge in [0.15, 0.2) is 0 Å². The van der Waals surface area contributed by atoms with Crippen molar-refractivity contribution in [2.45, 2.75) is 11.4 Å². The minimum absolute atomic E-state index is 0.0975. The summed E-state index contributed by atoms with van der Waals surface area (Å²) in [5, 5.41) is 18.7. The van der Waals surface area contributed by atoms with Crippen LogP contribution in [-0.4, -0.2) is 26.9 Å². The van der Waals surface area contributed by atoms with Crippen LogP contribution in [0.2, 0.25) is 5.02 Å². The van der Waals surface area contributed by atoms with Gasteiger partial charge >= 0.3 is 0 Å². The average Bonchev–Trinajstić information content (AvgIpc) is 3.09. The Morgan fingerprint density at radius 1 is 1.30 bits per heavy atom. The van der Waals surface area contributed by atoms with E-state index in [2.05, 4.69) is 10.4 Å². The number of anilines is 1. The maximum atomic E-state index is 12.6. The number of carbonyl (C=O) groups is 1. The van der Waals surface area contributed by atoms with Gasteiger partial charge in [-0.05, 0) is 30.0 Å². The fraction of sp³-hybridized carbons (Fsp3) is 0.111. The molecule has 0 saturated heterocycles. The molecule has 0 saturated carbocycles. The van der Waals surface area contributed by atoms with Crippen LogP contribution in [0.25, 0.3) is 0 Å². The molecule has 2 aromatic carbocycles. The van der Waals surface area contributed by atoms with E-state index in [1.54, 1.807) is 41.4 Å². The molecule has 0 radical (unpaired) electrons. The van der Waals surface area contributed by atoms with Gasteiger partial charge in [0.1, 0.15) is 5.82 Å². The lowest BCUT2D eigenvalue weighted by atomic mass is 10.2. The molecule has 1 N–H and O–H groups in total. The molecule has 0 aliphatic heterocycles. The van der Waals surface area contributed by atoms with Gasteiger partial charge in [0.25, 0.3) is 11.6 Å². The lowest BCUT2D eigenvalue weighted by Gasteiger charge is -2.10. The third-order valence-corrected chi connectivity index (χ3v) is 5.03. The second-order valence-corrected chi connectivity index (χ2v) is 6.82. The summed E-state index contributed by atoms with van der Waals surface area (Å²) in [6.45, 7) is 0.383. The van der Waals surface area contributed by atoms with E-state index in [1.165, 1.54) is 17.8 Å². The van der Waals surface area contributed by atoms with Crippen LogP contribution in [0.5, 0.6) is 0 Å². The molecule has 7 nitrogen and oxygen atoms in total. The summed E-state index contributed by atoms with van der Waals surface area (Å²) in [6.07, 6.45) is 3.31. The van der Waals surface area contributed by atoms with Crippen molar-refractivity contribution in [3.8, 4) is 0 Å². The Morgan fingerprint density at radius 3 is 2.78 bits per heavy atom. The van der Waals surface area contributed by atoms with E-state index in [4.69, 9.17) is 11.6 Å². The zero-order valence-corrected chi connectivity index (χ0v) is 15.8. The van der Waals surface area contributed by atoms with Gasteiger partial charge in [-0.2, -0.15) is 5.10 Å². The smallest absolute Gasteiger partial charge is 0.283 e. The average molecular weight is 403 g/mol. The van der Waals surface area contributed by atoms with E-state index in [9.17, 15) is 14.9 Å². The molecule has 0 spiro atoms. The predicted molar refractivity (Wildman–Crippen MR) is 106 cm³/mol. The molecular formula is C18H15ClN4O3S. The first-order chi connectivity index (χ1) is 13.0. The molecule has 0 aliphatic carbocycles. The van der Waals surface area contributed by atoms with Crippen molar-refractivity contribution in [1.82, 2.24) is 9.78 Å². The van der Waals surface area contributed by atoms with Gasteiger partial charge in [0.2, 0.25) is 0 Å².